The molecule has 0 saturated carbocycles. The first-order chi connectivity index (χ1) is 20.1. The number of fused-ring (bicyclic) bond motifs is 17. The summed E-state index contributed by atoms with van der Waals surface area (Å²) in [5.74, 6) is 0.415. The molecule has 5 aromatic rings. The molecule has 0 bridgehead atoms. The van der Waals surface area contributed by atoms with Crippen LogP contribution in [0.3, 0.4) is 0 Å². The van der Waals surface area contributed by atoms with E-state index in [0.717, 1.165) is 12.8 Å². The Balaban J connectivity index is 1.40. The molecule has 0 aromatic heterocycles. The first-order valence-corrected chi connectivity index (χ1v) is 15.1. The van der Waals surface area contributed by atoms with Crippen molar-refractivity contribution in [2.24, 2.45) is 0 Å². The summed E-state index contributed by atoms with van der Waals surface area (Å²) in [7, 11) is 0. The van der Waals surface area contributed by atoms with Gasteiger partial charge in [-0.2, -0.15) is 0 Å². The van der Waals surface area contributed by atoms with Crippen LogP contribution in [0.2, 0.25) is 0 Å². The van der Waals surface area contributed by atoms with Crippen molar-refractivity contribution in [1.82, 2.24) is 0 Å². The van der Waals surface area contributed by atoms with Crippen molar-refractivity contribution in [3.63, 3.8) is 0 Å². The average molecular weight is 523 g/mol. The smallest absolute Gasteiger partial charge is 0.0688 e. The van der Waals surface area contributed by atoms with Gasteiger partial charge in [0.2, 0.25) is 0 Å². The Morgan fingerprint density at radius 2 is 1.32 bits per heavy atom. The maximum absolute atomic E-state index is 2.61. The van der Waals surface area contributed by atoms with Crippen molar-refractivity contribution in [2.75, 3.05) is 0 Å². The zero-order valence-electron chi connectivity index (χ0n) is 23.5. The minimum atomic E-state index is -0.284. The van der Waals surface area contributed by atoms with E-state index < -0.39 is 0 Å². The Hall–Kier alpha value is -4.42. The molecule has 41 heavy (non-hydrogen) atoms. The summed E-state index contributed by atoms with van der Waals surface area (Å²) in [5, 5.41) is 0. The quantitative estimate of drug-likeness (QED) is 0.186. The molecular weight excluding hydrogens is 492 g/mol. The highest BCUT2D eigenvalue weighted by Crippen LogP contribution is 2.69. The van der Waals surface area contributed by atoms with E-state index in [9.17, 15) is 0 Å². The molecule has 0 nitrogen and oxygen atoms in total. The second-order valence-electron chi connectivity index (χ2n) is 13.1. The highest BCUT2D eigenvalue weighted by molar-refractivity contribution is 5.97. The molecule has 0 heterocycles. The molecule has 0 saturated heterocycles. The second-order valence-corrected chi connectivity index (χ2v) is 13.1. The van der Waals surface area contributed by atoms with Crippen molar-refractivity contribution in [2.45, 2.75) is 43.4 Å². The first-order valence-electron chi connectivity index (χ1n) is 15.1. The lowest BCUT2D eigenvalue weighted by molar-refractivity contribution is 0.627. The molecule has 5 aliphatic rings. The summed E-state index contributed by atoms with van der Waals surface area (Å²) >= 11 is 0. The van der Waals surface area contributed by atoms with Gasteiger partial charge in [0.1, 0.15) is 0 Å². The van der Waals surface area contributed by atoms with Crippen molar-refractivity contribution >= 4 is 0 Å². The van der Waals surface area contributed by atoms with E-state index >= 15 is 0 Å². The largest absolute Gasteiger partial charge is 0.0836 e. The lowest BCUT2D eigenvalue weighted by atomic mass is 9.64. The molecule has 2 atom stereocenters. The summed E-state index contributed by atoms with van der Waals surface area (Å²) in [4.78, 5) is 0. The maximum atomic E-state index is 2.61. The molecular formula is C41H30. The Kier molecular flexibility index (Phi) is 3.94. The number of hydrogen-bond donors (Lipinski definition) is 0. The summed E-state index contributed by atoms with van der Waals surface area (Å²) < 4.78 is 0. The Bertz CT molecular complexity index is 2080. The summed E-state index contributed by atoms with van der Waals surface area (Å²) in [6, 6.07) is 37.6. The van der Waals surface area contributed by atoms with E-state index in [0.29, 0.717) is 5.92 Å². The third kappa shape index (κ3) is 2.43. The molecule has 0 N–H and O–H groups in total. The molecule has 2 unspecified atom stereocenters. The number of rotatable bonds is 0. The van der Waals surface area contributed by atoms with E-state index in [1.807, 2.05) is 0 Å². The van der Waals surface area contributed by atoms with Gasteiger partial charge in [-0.15, -0.1) is 0 Å². The monoisotopic (exact) mass is 522 g/mol. The molecule has 10 rings (SSSR count). The SMILES string of the molecule is CC1(C)c2ccccc2-c2ccc3c(c21)C1(C2=CC=CCC2c2ccccc21)c1cc2c(cc1-3)Cc1ccccc1-2. The van der Waals surface area contributed by atoms with Crippen LogP contribution in [0.4, 0.5) is 0 Å². The number of hydrogen-bond acceptors (Lipinski definition) is 0. The van der Waals surface area contributed by atoms with E-state index in [1.165, 1.54) is 72.3 Å². The minimum absolute atomic E-state index is 0.0836. The van der Waals surface area contributed by atoms with E-state index in [1.54, 1.807) is 11.1 Å². The van der Waals surface area contributed by atoms with Gasteiger partial charge in [-0.25, -0.2) is 0 Å². The van der Waals surface area contributed by atoms with Crippen LogP contribution in [0.25, 0.3) is 33.4 Å². The molecule has 0 heteroatoms. The van der Waals surface area contributed by atoms with Gasteiger partial charge >= 0.3 is 0 Å². The zero-order valence-corrected chi connectivity index (χ0v) is 23.5. The summed E-state index contributed by atoms with van der Waals surface area (Å²) in [5.41, 5.74) is 21.7. The second kappa shape index (κ2) is 7.25. The van der Waals surface area contributed by atoms with E-state index in [-0.39, 0.29) is 10.8 Å². The van der Waals surface area contributed by atoms with Gasteiger partial charge in [-0.1, -0.05) is 117 Å². The minimum Gasteiger partial charge on any atom is -0.0836 e. The molecule has 0 aliphatic heterocycles. The van der Waals surface area contributed by atoms with Gasteiger partial charge < -0.3 is 0 Å². The molecule has 5 aliphatic carbocycles. The van der Waals surface area contributed by atoms with Crippen LogP contribution in [0.5, 0.6) is 0 Å². The fraction of sp³-hybridized carbons (Fsp3) is 0.171. The summed E-state index contributed by atoms with van der Waals surface area (Å²) in [6.07, 6.45) is 9.26. The lowest BCUT2D eigenvalue weighted by Crippen LogP contribution is -2.31. The Morgan fingerprint density at radius 3 is 2.20 bits per heavy atom. The number of allylic oxidation sites excluding steroid dienone is 4. The van der Waals surface area contributed by atoms with Gasteiger partial charge in [-0.3, -0.25) is 0 Å². The van der Waals surface area contributed by atoms with Crippen molar-refractivity contribution < 1.29 is 0 Å². The van der Waals surface area contributed by atoms with Gasteiger partial charge in [0.15, 0.2) is 0 Å². The maximum Gasteiger partial charge on any atom is 0.0688 e. The van der Waals surface area contributed by atoms with Crippen LogP contribution in [0.1, 0.15) is 70.7 Å². The molecule has 1 spiro atoms. The van der Waals surface area contributed by atoms with Crippen LogP contribution in [0.15, 0.2) is 121 Å². The van der Waals surface area contributed by atoms with Crippen LogP contribution < -0.4 is 0 Å². The van der Waals surface area contributed by atoms with Gasteiger partial charge in [0.05, 0.1) is 5.41 Å². The molecule has 0 fully saturated rings. The Labute approximate surface area is 241 Å². The fourth-order valence-electron chi connectivity index (χ4n) is 9.53. The molecule has 0 amide bonds. The molecule has 5 aromatic carbocycles. The molecule has 0 radical (unpaired) electrons. The predicted octanol–water partition coefficient (Wildman–Crippen LogP) is 9.86. The first kappa shape index (κ1) is 22.3. The topological polar surface area (TPSA) is 0 Å². The fourth-order valence-corrected chi connectivity index (χ4v) is 9.53. The van der Waals surface area contributed by atoms with Gasteiger partial charge in [0, 0.05) is 11.3 Å². The van der Waals surface area contributed by atoms with E-state index in [4.69, 9.17) is 0 Å². The third-order valence-electron chi connectivity index (χ3n) is 11.1. The summed E-state index contributed by atoms with van der Waals surface area (Å²) in [6.45, 7) is 4.91. The average Bonchev–Trinajstić information content (AvgIpc) is 3.68. The highest BCUT2D eigenvalue weighted by atomic mass is 14.6. The van der Waals surface area contributed by atoms with Crippen LogP contribution in [-0.4, -0.2) is 0 Å². The molecule has 194 valence electrons. The number of benzene rings is 5. The van der Waals surface area contributed by atoms with Gasteiger partial charge in [0.25, 0.3) is 0 Å². The van der Waals surface area contributed by atoms with Crippen molar-refractivity contribution in [3.8, 4) is 33.4 Å². The van der Waals surface area contributed by atoms with Crippen LogP contribution in [0, 0.1) is 0 Å². The van der Waals surface area contributed by atoms with Gasteiger partial charge in [-0.05, 0) is 108 Å². The third-order valence-corrected chi connectivity index (χ3v) is 11.1. The standard InChI is InChI=1S/C41H30/c1-40(2)34-16-8-5-15-29(34)30-19-20-31-33-22-25-21-24-11-3-4-12-26(24)32(25)23-37(33)41(39(31)38(30)40)35-17-9-6-13-27(35)28-14-7-10-18-36(28)41/h3-13,15-20,22-23,28H,14,21H2,1-2H3. The van der Waals surface area contributed by atoms with E-state index in [2.05, 4.69) is 129 Å². The van der Waals surface area contributed by atoms with Crippen molar-refractivity contribution in [3.05, 3.63) is 165 Å². The van der Waals surface area contributed by atoms with Crippen molar-refractivity contribution in [1.29, 1.82) is 0 Å². The Morgan fingerprint density at radius 1 is 0.585 bits per heavy atom. The predicted molar refractivity (Wildman–Crippen MR) is 169 cm³/mol. The van der Waals surface area contributed by atoms with Crippen LogP contribution in [-0.2, 0) is 17.3 Å². The van der Waals surface area contributed by atoms with Crippen LogP contribution >= 0.6 is 0 Å². The normalized spacial score (nSPS) is 22.3. The lowest BCUT2D eigenvalue weighted by Gasteiger charge is -2.37. The highest BCUT2D eigenvalue weighted by Gasteiger charge is 2.58. The zero-order chi connectivity index (χ0) is 27.1.